The molecule has 1 aromatic carbocycles. The van der Waals surface area contributed by atoms with Gasteiger partial charge in [0.1, 0.15) is 17.7 Å². The number of benzene rings is 1. The van der Waals surface area contributed by atoms with Gasteiger partial charge in [-0.05, 0) is 70.3 Å². The number of nitrogens with one attached hydrogen (secondary N) is 1. The molecule has 3 heterocycles. The van der Waals surface area contributed by atoms with Crippen molar-refractivity contribution in [3.05, 3.63) is 61.2 Å². The normalized spacial score (nSPS) is 25.8. The molecule has 2 bridgehead atoms. The van der Waals surface area contributed by atoms with E-state index in [2.05, 4.69) is 39.2 Å². The van der Waals surface area contributed by atoms with Gasteiger partial charge in [-0.15, -0.1) is 13.2 Å². The van der Waals surface area contributed by atoms with Crippen molar-refractivity contribution in [2.45, 2.75) is 122 Å². The predicted octanol–water partition coefficient (Wildman–Crippen LogP) is 5.12. The number of hydrogen-bond acceptors (Lipinski definition) is 7. The summed E-state index contributed by atoms with van der Waals surface area (Å²) in [5.41, 5.74) is -1.12. The number of allylic oxidation sites excluding steroid dienone is 1. The number of likely N-dealkylation sites (tertiary alicyclic amines) is 1. The van der Waals surface area contributed by atoms with Crippen LogP contribution in [0, 0.1) is 17.3 Å². The topological polar surface area (TPSA) is 125 Å². The van der Waals surface area contributed by atoms with Crippen LogP contribution in [0.1, 0.15) is 98.2 Å². The Kier molecular flexibility index (Phi) is 12.2. The third-order valence-electron chi connectivity index (χ3n) is 10.2. The number of carbonyl (C=O) groups excluding carboxylic acids is 4. The number of rotatable bonds is 17. The first-order chi connectivity index (χ1) is 23.1. The van der Waals surface area contributed by atoms with Crippen LogP contribution < -0.4 is 5.32 Å². The van der Waals surface area contributed by atoms with Gasteiger partial charge < -0.3 is 29.7 Å². The van der Waals surface area contributed by atoms with Crippen molar-refractivity contribution in [1.82, 2.24) is 15.1 Å². The number of carbonyl (C=O) groups is 4. The molecule has 3 aliphatic rings. The second kappa shape index (κ2) is 15.6. The first-order valence-corrected chi connectivity index (χ1v) is 17.8. The van der Waals surface area contributed by atoms with E-state index in [1.165, 1.54) is 0 Å². The summed E-state index contributed by atoms with van der Waals surface area (Å²) in [4.78, 5) is 59.8. The molecular formula is C39H57N3O7. The lowest BCUT2D eigenvalue weighted by Crippen LogP contribution is -2.61. The van der Waals surface area contributed by atoms with Gasteiger partial charge in [0.05, 0.1) is 24.0 Å². The second-order valence-corrected chi connectivity index (χ2v) is 15.8. The van der Waals surface area contributed by atoms with Crippen LogP contribution in [-0.2, 0) is 28.7 Å². The van der Waals surface area contributed by atoms with Gasteiger partial charge in [-0.2, -0.15) is 0 Å². The fourth-order valence-corrected chi connectivity index (χ4v) is 8.58. The number of ether oxygens (including phenoxy) is 2. The molecule has 0 unspecified atom stereocenters. The van der Waals surface area contributed by atoms with E-state index in [0.29, 0.717) is 50.6 Å². The molecule has 3 saturated heterocycles. The second-order valence-electron chi connectivity index (χ2n) is 15.8. The molecule has 2 N–H and O–H groups in total. The van der Waals surface area contributed by atoms with E-state index in [0.717, 1.165) is 0 Å². The first-order valence-electron chi connectivity index (χ1n) is 17.8. The third kappa shape index (κ3) is 8.12. The van der Waals surface area contributed by atoms with Crippen molar-refractivity contribution in [3.63, 3.8) is 0 Å². The van der Waals surface area contributed by atoms with Crippen molar-refractivity contribution >= 4 is 23.7 Å². The highest BCUT2D eigenvalue weighted by molar-refractivity contribution is 5.98. The van der Waals surface area contributed by atoms with Crippen LogP contribution in [-0.4, -0.2) is 87.6 Å². The standard InChI is InChI=1S/C39H57N3O7/c1-9-11-19-29(44)40-26(3)32(27-17-13-12-14-18-27)48-36(47)30-28-20-21-39(49-28)31(30)34(45)41(23-15-16-24-43)33(39)35(46)42(22-10-2)38(7,8)25-37(4,5)6/h9-10,12-14,17-18,26,28,30-33,43H,1-2,11,15-16,19-25H2,3-8H3,(H,40,44)/t26-,28+,30-,31-,32-,33+,39-/m1/s1. The fraction of sp³-hybridized carbons (Fsp3) is 0.641. The van der Waals surface area contributed by atoms with Gasteiger partial charge in [0.2, 0.25) is 17.7 Å². The Hall–Kier alpha value is -3.50. The smallest absolute Gasteiger partial charge is 0.313 e. The van der Waals surface area contributed by atoms with Crippen molar-refractivity contribution in [3.8, 4) is 0 Å². The zero-order chi connectivity index (χ0) is 36.1. The lowest BCUT2D eigenvalue weighted by molar-refractivity contribution is -0.162. The Morgan fingerprint density at radius 3 is 2.45 bits per heavy atom. The highest BCUT2D eigenvalue weighted by Crippen LogP contribution is 2.59. The quantitative estimate of drug-likeness (QED) is 0.133. The number of amides is 3. The van der Waals surface area contributed by atoms with E-state index in [1.54, 1.807) is 24.0 Å². The molecule has 0 radical (unpaired) electrons. The average Bonchev–Trinajstić information content (AvgIpc) is 3.67. The van der Waals surface area contributed by atoms with Gasteiger partial charge >= 0.3 is 5.97 Å². The molecule has 3 aliphatic heterocycles. The van der Waals surface area contributed by atoms with E-state index in [9.17, 15) is 24.3 Å². The molecule has 3 fully saturated rings. The van der Waals surface area contributed by atoms with E-state index < -0.39 is 53.2 Å². The molecule has 270 valence electrons. The maximum atomic E-state index is 14.9. The first kappa shape index (κ1) is 38.3. The maximum absolute atomic E-state index is 14.9. The van der Waals surface area contributed by atoms with Crippen molar-refractivity contribution in [1.29, 1.82) is 0 Å². The Balaban J connectivity index is 1.69. The van der Waals surface area contributed by atoms with Crippen LogP contribution in [0.15, 0.2) is 55.6 Å². The number of aliphatic hydroxyl groups excluding tert-OH is 1. The van der Waals surface area contributed by atoms with Gasteiger partial charge in [0.25, 0.3) is 0 Å². The Morgan fingerprint density at radius 1 is 1.14 bits per heavy atom. The van der Waals surface area contributed by atoms with Gasteiger partial charge in [-0.1, -0.05) is 63.3 Å². The van der Waals surface area contributed by atoms with Gasteiger partial charge in [0, 0.05) is 31.7 Å². The summed E-state index contributed by atoms with van der Waals surface area (Å²) in [7, 11) is 0. The number of nitrogens with zero attached hydrogens (tertiary/aromatic N) is 2. The van der Waals surface area contributed by atoms with E-state index in [4.69, 9.17) is 9.47 Å². The number of fused-ring (bicyclic) bond motifs is 1. The van der Waals surface area contributed by atoms with Crippen molar-refractivity contribution in [2.24, 2.45) is 17.3 Å². The minimum absolute atomic E-state index is 0.0346. The molecule has 7 atom stereocenters. The Labute approximate surface area is 292 Å². The molecule has 10 heteroatoms. The molecule has 4 rings (SSSR count). The molecular weight excluding hydrogens is 622 g/mol. The van der Waals surface area contributed by atoms with Crippen LogP contribution in [0.3, 0.4) is 0 Å². The van der Waals surface area contributed by atoms with Crippen LogP contribution >= 0.6 is 0 Å². The molecule has 1 spiro atoms. The lowest BCUT2D eigenvalue weighted by atomic mass is 9.70. The number of unbranched alkanes of at least 4 members (excludes halogenated alkanes) is 1. The van der Waals surface area contributed by atoms with Crippen LogP contribution in [0.5, 0.6) is 0 Å². The van der Waals surface area contributed by atoms with E-state index in [-0.39, 0.29) is 42.7 Å². The van der Waals surface area contributed by atoms with Crippen LogP contribution in [0.25, 0.3) is 0 Å². The molecule has 0 saturated carbocycles. The number of aliphatic hydroxyl groups is 1. The number of esters is 1. The highest BCUT2D eigenvalue weighted by Gasteiger charge is 2.75. The molecule has 49 heavy (non-hydrogen) atoms. The van der Waals surface area contributed by atoms with E-state index >= 15 is 0 Å². The predicted molar refractivity (Wildman–Crippen MR) is 188 cm³/mol. The van der Waals surface area contributed by atoms with Crippen LogP contribution in [0.4, 0.5) is 0 Å². The molecule has 0 aromatic heterocycles. The summed E-state index contributed by atoms with van der Waals surface area (Å²) in [5, 5.41) is 12.5. The molecule has 0 aliphatic carbocycles. The van der Waals surface area contributed by atoms with Gasteiger partial charge in [-0.25, -0.2) is 0 Å². The van der Waals surface area contributed by atoms with Crippen molar-refractivity contribution in [2.75, 3.05) is 19.7 Å². The lowest BCUT2D eigenvalue weighted by Gasteiger charge is -2.45. The summed E-state index contributed by atoms with van der Waals surface area (Å²) in [5.74, 6) is -3.09. The summed E-state index contributed by atoms with van der Waals surface area (Å²) in [6.45, 7) is 20.4. The monoisotopic (exact) mass is 679 g/mol. The zero-order valence-corrected chi connectivity index (χ0v) is 30.3. The zero-order valence-electron chi connectivity index (χ0n) is 30.3. The van der Waals surface area contributed by atoms with Crippen LogP contribution in [0.2, 0.25) is 0 Å². The average molecular weight is 680 g/mol. The van der Waals surface area contributed by atoms with Gasteiger partial charge in [-0.3, -0.25) is 19.2 Å². The summed E-state index contributed by atoms with van der Waals surface area (Å²) < 4.78 is 12.9. The SMILES string of the molecule is C=CCCC(=O)N[C@H](C)[C@@H](OC(=O)[C@@H]1[C@@H]2CC[C@]3(O2)[C@H](C(=O)N(CC=C)C(C)(C)CC(C)(C)C)N(CCCCO)C(=O)[C@@H]13)c1ccccc1. The van der Waals surface area contributed by atoms with Gasteiger partial charge in [0.15, 0.2) is 0 Å². The largest absolute Gasteiger partial charge is 0.455 e. The molecule has 1 aromatic rings. The minimum atomic E-state index is -1.19. The fourth-order valence-electron chi connectivity index (χ4n) is 8.58. The Morgan fingerprint density at radius 2 is 1.84 bits per heavy atom. The third-order valence-corrected chi connectivity index (χ3v) is 10.2. The Bertz CT molecular complexity index is 1370. The van der Waals surface area contributed by atoms with E-state index in [1.807, 2.05) is 49.1 Å². The summed E-state index contributed by atoms with van der Waals surface area (Å²) in [6, 6.07) is 7.74. The maximum Gasteiger partial charge on any atom is 0.313 e. The van der Waals surface area contributed by atoms with Crippen molar-refractivity contribution < 1.29 is 33.8 Å². The summed E-state index contributed by atoms with van der Waals surface area (Å²) in [6.07, 6.45) is 5.42. The molecule has 10 nitrogen and oxygen atoms in total. The highest BCUT2D eigenvalue weighted by atomic mass is 16.6. The summed E-state index contributed by atoms with van der Waals surface area (Å²) >= 11 is 0. The number of hydrogen-bond donors (Lipinski definition) is 2. The minimum Gasteiger partial charge on any atom is -0.455 e. The molecule has 3 amide bonds.